The number of aromatic nitrogens is 1. The van der Waals surface area contributed by atoms with E-state index in [1.54, 1.807) is 6.07 Å². The molecule has 0 N–H and O–H groups in total. The van der Waals surface area contributed by atoms with Crippen molar-refractivity contribution in [2.75, 3.05) is 0 Å². The number of Topliss-reactive ketones (excluding diaryl/α,β-unsaturated/α-hetero) is 1. The van der Waals surface area contributed by atoms with E-state index in [0.29, 0.717) is 11.3 Å². The summed E-state index contributed by atoms with van der Waals surface area (Å²) in [7, 11) is 0. The van der Waals surface area contributed by atoms with Crippen molar-refractivity contribution in [2.24, 2.45) is 5.92 Å². The lowest BCUT2D eigenvalue weighted by molar-refractivity contribution is 0.0863. The fourth-order valence-electron chi connectivity index (χ4n) is 2.71. The number of pyridine rings is 1. The topological polar surface area (TPSA) is 43.1 Å². The molecular weight excluding hydrogens is 226 g/mol. The van der Waals surface area contributed by atoms with Crippen molar-refractivity contribution in [3.8, 4) is 0 Å². The van der Waals surface area contributed by atoms with Gasteiger partial charge in [-0.05, 0) is 31.9 Å². The van der Waals surface area contributed by atoms with Gasteiger partial charge in [-0.2, -0.15) is 0 Å². The van der Waals surface area contributed by atoms with Gasteiger partial charge in [-0.1, -0.05) is 19.3 Å². The molecule has 2 heterocycles. The average molecular weight is 243 g/mol. The quantitative estimate of drug-likeness (QED) is 0.751. The summed E-state index contributed by atoms with van der Waals surface area (Å²) in [6.45, 7) is 1.94. The van der Waals surface area contributed by atoms with Crippen LogP contribution >= 0.6 is 0 Å². The molecule has 0 saturated heterocycles. The SMILES string of the molecule is Cc1ccc2oc(C(=O)C3CCCCC3)cc2n1. The summed E-state index contributed by atoms with van der Waals surface area (Å²) in [6.07, 6.45) is 5.58. The number of hydrogen-bond donors (Lipinski definition) is 0. The summed E-state index contributed by atoms with van der Waals surface area (Å²) in [4.78, 5) is 16.7. The van der Waals surface area contributed by atoms with Crippen molar-refractivity contribution in [2.45, 2.75) is 39.0 Å². The predicted octanol–water partition coefficient (Wildman–Crippen LogP) is 3.90. The molecule has 0 bridgehead atoms. The van der Waals surface area contributed by atoms with Crippen molar-refractivity contribution in [3.63, 3.8) is 0 Å². The highest BCUT2D eigenvalue weighted by Crippen LogP contribution is 2.28. The summed E-state index contributed by atoms with van der Waals surface area (Å²) in [5, 5.41) is 0. The van der Waals surface area contributed by atoms with Crippen LogP contribution in [0, 0.1) is 12.8 Å². The molecular formula is C15H17NO2. The van der Waals surface area contributed by atoms with Crippen LogP contribution in [0.3, 0.4) is 0 Å². The van der Waals surface area contributed by atoms with Gasteiger partial charge in [-0.25, -0.2) is 4.98 Å². The number of rotatable bonds is 2. The third-order valence-corrected chi connectivity index (χ3v) is 3.73. The van der Waals surface area contributed by atoms with Crippen molar-refractivity contribution >= 4 is 16.9 Å². The van der Waals surface area contributed by atoms with E-state index in [-0.39, 0.29) is 11.7 Å². The second kappa shape index (κ2) is 4.56. The van der Waals surface area contributed by atoms with Crippen LogP contribution in [-0.4, -0.2) is 10.8 Å². The Morgan fingerprint density at radius 1 is 1.28 bits per heavy atom. The third kappa shape index (κ3) is 2.05. The molecule has 0 amide bonds. The van der Waals surface area contributed by atoms with E-state index in [4.69, 9.17) is 4.42 Å². The smallest absolute Gasteiger partial charge is 0.201 e. The second-order valence-corrected chi connectivity index (χ2v) is 5.15. The Morgan fingerprint density at radius 3 is 2.83 bits per heavy atom. The first kappa shape index (κ1) is 11.5. The number of ketones is 1. The van der Waals surface area contributed by atoms with Crippen LogP contribution < -0.4 is 0 Å². The maximum Gasteiger partial charge on any atom is 0.201 e. The predicted molar refractivity (Wildman–Crippen MR) is 69.7 cm³/mol. The molecule has 0 aromatic carbocycles. The summed E-state index contributed by atoms with van der Waals surface area (Å²) in [5.74, 6) is 0.792. The van der Waals surface area contributed by atoms with Crippen molar-refractivity contribution in [1.29, 1.82) is 0 Å². The average Bonchev–Trinajstić information content (AvgIpc) is 2.81. The van der Waals surface area contributed by atoms with Crippen LogP contribution in [0.5, 0.6) is 0 Å². The maximum absolute atomic E-state index is 12.3. The Morgan fingerprint density at radius 2 is 2.06 bits per heavy atom. The first-order chi connectivity index (χ1) is 8.74. The zero-order chi connectivity index (χ0) is 12.5. The molecule has 0 aliphatic heterocycles. The van der Waals surface area contributed by atoms with Crippen LogP contribution in [0.25, 0.3) is 11.1 Å². The van der Waals surface area contributed by atoms with Crippen molar-refractivity contribution in [3.05, 3.63) is 29.7 Å². The standard InChI is InChI=1S/C15H17NO2/c1-10-7-8-13-12(16-10)9-14(18-13)15(17)11-5-3-2-4-6-11/h7-9,11H,2-6H2,1H3. The lowest BCUT2D eigenvalue weighted by Crippen LogP contribution is -2.17. The molecule has 18 heavy (non-hydrogen) atoms. The highest BCUT2D eigenvalue weighted by Gasteiger charge is 2.25. The highest BCUT2D eigenvalue weighted by molar-refractivity contribution is 5.98. The zero-order valence-electron chi connectivity index (χ0n) is 10.6. The largest absolute Gasteiger partial charge is 0.451 e. The van der Waals surface area contributed by atoms with Gasteiger partial charge in [-0.3, -0.25) is 4.79 Å². The van der Waals surface area contributed by atoms with Gasteiger partial charge in [0.1, 0.15) is 5.52 Å². The van der Waals surface area contributed by atoms with Gasteiger partial charge < -0.3 is 4.42 Å². The molecule has 3 heteroatoms. The van der Waals surface area contributed by atoms with Gasteiger partial charge in [0, 0.05) is 17.7 Å². The first-order valence-electron chi connectivity index (χ1n) is 6.65. The first-order valence-corrected chi connectivity index (χ1v) is 6.65. The normalized spacial score (nSPS) is 17.2. The molecule has 2 aromatic heterocycles. The maximum atomic E-state index is 12.3. The van der Waals surface area contributed by atoms with Gasteiger partial charge in [0.15, 0.2) is 11.3 Å². The molecule has 3 nitrogen and oxygen atoms in total. The summed E-state index contributed by atoms with van der Waals surface area (Å²) in [5.41, 5.74) is 2.44. The molecule has 0 spiro atoms. The van der Waals surface area contributed by atoms with Crippen molar-refractivity contribution in [1.82, 2.24) is 4.98 Å². The molecule has 0 radical (unpaired) electrons. The molecule has 1 aliphatic rings. The fraction of sp³-hybridized carbons (Fsp3) is 0.467. The Kier molecular flexibility index (Phi) is 2.90. The minimum atomic E-state index is 0.153. The number of fused-ring (bicyclic) bond motifs is 1. The molecule has 0 unspecified atom stereocenters. The van der Waals surface area contributed by atoms with Crippen LogP contribution in [0.2, 0.25) is 0 Å². The van der Waals surface area contributed by atoms with E-state index in [0.717, 1.165) is 36.9 Å². The van der Waals surface area contributed by atoms with Crippen LogP contribution in [0.1, 0.15) is 48.4 Å². The van der Waals surface area contributed by atoms with Gasteiger partial charge >= 0.3 is 0 Å². The van der Waals surface area contributed by atoms with E-state index >= 15 is 0 Å². The summed E-state index contributed by atoms with van der Waals surface area (Å²) >= 11 is 0. The summed E-state index contributed by atoms with van der Waals surface area (Å²) < 4.78 is 5.63. The minimum absolute atomic E-state index is 0.153. The summed E-state index contributed by atoms with van der Waals surface area (Å²) in [6, 6.07) is 5.58. The van der Waals surface area contributed by atoms with Gasteiger partial charge in [-0.15, -0.1) is 0 Å². The van der Waals surface area contributed by atoms with Gasteiger partial charge in [0.25, 0.3) is 0 Å². The van der Waals surface area contributed by atoms with Crippen LogP contribution in [0.15, 0.2) is 22.6 Å². The molecule has 2 aromatic rings. The van der Waals surface area contributed by atoms with Crippen molar-refractivity contribution < 1.29 is 9.21 Å². The van der Waals surface area contributed by atoms with E-state index in [2.05, 4.69) is 4.98 Å². The molecule has 0 atom stereocenters. The fourth-order valence-corrected chi connectivity index (χ4v) is 2.71. The lowest BCUT2D eigenvalue weighted by atomic mass is 9.85. The zero-order valence-corrected chi connectivity index (χ0v) is 10.6. The lowest BCUT2D eigenvalue weighted by Gasteiger charge is -2.18. The number of aryl methyl sites for hydroxylation is 1. The number of hydrogen-bond acceptors (Lipinski definition) is 3. The number of nitrogens with zero attached hydrogens (tertiary/aromatic N) is 1. The molecule has 1 fully saturated rings. The Labute approximate surface area is 106 Å². The Hall–Kier alpha value is -1.64. The Bertz CT molecular complexity index is 579. The van der Waals surface area contributed by atoms with Crippen LogP contribution in [-0.2, 0) is 0 Å². The molecule has 1 aliphatic carbocycles. The van der Waals surface area contributed by atoms with Gasteiger partial charge in [0.05, 0.1) is 0 Å². The number of furan rings is 1. The van der Waals surface area contributed by atoms with E-state index in [1.807, 2.05) is 19.1 Å². The van der Waals surface area contributed by atoms with E-state index < -0.39 is 0 Å². The highest BCUT2D eigenvalue weighted by atomic mass is 16.3. The molecule has 1 saturated carbocycles. The van der Waals surface area contributed by atoms with E-state index in [1.165, 1.54) is 6.42 Å². The minimum Gasteiger partial charge on any atom is -0.451 e. The second-order valence-electron chi connectivity index (χ2n) is 5.15. The molecule has 3 rings (SSSR count). The number of carbonyl (C=O) groups is 1. The molecule has 94 valence electrons. The monoisotopic (exact) mass is 243 g/mol. The number of carbonyl (C=O) groups excluding carboxylic acids is 1. The third-order valence-electron chi connectivity index (χ3n) is 3.73. The van der Waals surface area contributed by atoms with Gasteiger partial charge in [0.2, 0.25) is 5.78 Å². The Balaban J connectivity index is 1.91. The van der Waals surface area contributed by atoms with Crippen LogP contribution in [0.4, 0.5) is 0 Å². The van der Waals surface area contributed by atoms with E-state index in [9.17, 15) is 4.79 Å².